The third-order valence-corrected chi connectivity index (χ3v) is 4.13. The van der Waals surface area contributed by atoms with E-state index >= 15 is 0 Å². The van der Waals surface area contributed by atoms with Crippen LogP contribution in [-0.4, -0.2) is 48.3 Å². The summed E-state index contributed by atoms with van der Waals surface area (Å²) < 4.78 is 12.1. The summed E-state index contributed by atoms with van der Waals surface area (Å²) in [5, 5.41) is 12.5. The van der Waals surface area contributed by atoms with Crippen LogP contribution in [-0.2, 0) is 18.3 Å². The van der Waals surface area contributed by atoms with Crippen molar-refractivity contribution in [3.05, 3.63) is 58.1 Å². The highest BCUT2D eigenvalue weighted by Gasteiger charge is 2.17. The van der Waals surface area contributed by atoms with Crippen molar-refractivity contribution >= 4 is 40.6 Å². The second kappa shape index (κ2) is 8.71. The predicted molar refractivity (Wildman–Crippen MR) is 103 cm³/mol. The fourth-order valence-electron chi connectivity index (χ4n) is 2.53. The Kier molecular flexibility index (Phi) is 6.09. The molecule has 0 spiro atoms. The number of aromatic carboxylic acids is 1. The Balaban J connectivity index is 0.000000172. The van der Waals surface area contributed by atoms with Crippen molar-refractivity contribution in [3.63, 3.8) is 0 Å². The third-order valence-electron chi connectivity index (χ3n) is 3.99. The minimum absolute atomic E-state index is 0.0281. The van der Waals surface area contributed by atoms with Crippen molar-refractivity contribution in [2.45, 2.75) is 6.54 Å². The average molecular weight is 435 g/mol. The molecule has 3 aromatic heterocycles. The van der Waals surface area contributed by atoms with Gasteiger partial charge in [-0.1, -0.05) is 6.07 Å². The third kappa shape index (κ3) is 4.14. The van der Waals surface area contributed by atoms with Crippen molar-refractivity contribution in [1.29, 1.82) is 0 Å². The van der Waals surface area contributed by atoms with Crippen LogP contribution < -0.4 is 10.6 Å². The molecule has 0 atom stereocenters. The number of hydrogen-bond donors (Lipinski definition) is 2. The Morgan fingerprint density at radius 1 is 1.33 bits per heavy atom. The molecule has 4 rings (SSSR count). The average Bonchev–Trinajstić information content (AvgIpc) is 3.32. The molecule has 0 fully saturated rings. The number of methoxy groups -OCH3 is 1. The first-order chi connectivity index (χ1) is 14.3. The van der Waals surface area contributed by atoms with Crippen LogP contribution in [0.25, 0.3) is 16.9 Å². The molecular formula is C17H15ClN6O6. The lowest BCUT2D eigenvalue weighted by molar-refractivity contribution is 0.0590. The number of halogens is 1. The molecule has 0 radical (unpaired) electrons. The molecule has 30 heavy (non-hydrogen) atoms. The lowest BCUT2D eigenvalue weighted by atomic mass is 10.2. The van der Waals surface area contributed by atoms with E-state index in [-0.39, 0.29) is 22.9 Å². The van der Waals surface area contributed by atoms with Crippen LogP contribution in [0.2, 0.25) is 0 Å². The van der Waals surface area contributed by atoms with Gasteiger partial charge in [0, 0.05) is 19.7 Å². The second-order valence-electron chi connectivity index (χ2n) is 5.83. The van der Waals surface area contributed by atoms with Crippen LogP contribution in [0, 0.1) is 0 Å². The fourth-order valence-corrected chi connectivity index (χ4v) is 2.69. The van der Waals surface area contributed by atoms with Crippen molar-refractivity contribution in [2.75, 3.05) is 7.11 Å². The summed E-state index contributed by atoms with van der Waals surface area (Å²) in [6.45, 7) is 0.552. The Morgan fingerprint density at radius 2 is 2.10 bits per heavy atom. The minimum Gasteiger partial charge on any atom is -0.477 e. The number of benzene rings is 1. The molecule has 4 aromatic rings. The molecule has 0 bridgehead atoms. The van der Waals surface area contributed by atoms with Crippen LogP contribution >= 0.6 is 11.8 Å². The Hall–Kier alpha value is -3.77. The summed E-state index contributed by atoms with van der Waals surface area (Å²) >= 11 is 5.39. The van der Waals surface area contributed by atoms with Crippen molar-refractivity contribution in [2.24, 2.45) is 7.05 Å². The highest BCUT2D eigenvalue weighted by atomic mass is 35.5. The van der Waals surface area contributed by atoms with Crippen LogP contribution in [0.1, 0.15) is 26.5 Å². The van der Waals surface area contributed by atoms with Gasteiger partial charge in [-0.2, -0.15) is 14.6 Å². The normalized spacial score (nSPS) is 10.6. The lowest BCUT2D eigenvalue weighted by Crippen LogP contribution is -2.13. The highest BCUT2D eigenvalue weighted by molar-refractivity contribution is 6.13. The summed E-state index contributed by atoms with van der Waals surface area (Å²) in [5.74, 6) is -2.28. The van der Waals surface area contributed by atoms with Gasteiger partial charge in [0.2, 0.25) is 0 Å². The summed E-state index contributed by atoms with van der Waals surface area (Å²) in [5.41, 5.74) is 2.04. The van der Waals surface area contributed by atoms with Crippen molar-refractivity contribution in [1.82, 2.24) is 29.0 Å². The van der Waals surface area contributed by atoms with Gasteiger partial charge >= 0.3 is 17.7 Å². The second-order valence-corrected chi connectivity index (χ2v) is 6.10. The van der Waals surface area contributed by atoms with Gasteiger partial charge in [0.05, 0.1) is 12.6 Å². The summed E-state index contributed by atoms with van der Waals surface area (Å²) in [6, 6.07) is 6.58. The van der Waals surface area contributed by atoms with E-state index in [0.29, 0.717) is 12.1 Å². The Bertz CT molecular complexity index is 1290. The maximum Gasteiger partial charge on any atom is 0.419 e. The molecule has 0 unspecified atom stereocenters. The first kappa shape index (κ1) is 21.0. The number of nitrogens with one attached hydrogen (secondary N) is 1. The number of hydrogen-bond acceptors (Lipinski definition) is 9. The van der Waals surface area contributed by atoms with E-state index in [1.165, 1.54) is 18.0 Å². The molecule has 0 aliphatic carbocycles. The van der Waals surface area contributed by atoms with E-state index in [2.05, 4.69) is 24.6 Å². The zero-order valence-corrected chi connectivity index (χ0v) is 16.5. The van der Waals surface area contributed by atoms with Gasteiger partial charge in [0.15, 0.2) is 17.0 Å². The van der Waals surface area contributed by atoms with Crippen LogP contribution in [0.5, 0.6) is 0 Å². The highest BCUT2D eigenvalue weighted by Crippen LogP contribution is 2.14. The fraction of sp³-hybridized carbons (Fsp3) is 0.176. The van der Waals surface area contributed by atoms with E-state index in [4.69, 9.17) is 21.3 Å². The Labute approximate surface area is 172 Å². The first-order valence-corrected chi connectivity index (χ1v) is 8.67. The largest absolute Gasteiger partial charge is 0.477 e. The van der Waals surface area contributed by atoms with Gasteiger partial charge in [-0.05, 0) is 29.5 Å². The van der Waals surface area contributed by atoms with Gasteiger partial charge in [-0.3, -0.25) is 4.57 Å². The summed E-state index contributed by atoms with van der Waals surface area (Å²) in [7, 11) is 2.86. The number of carbonyl (C=O) groups is 2. The Morgan fingerprint density at radius 3 is 2.77 bits per heavy atom. The monoisotopic (exact) mass is 434 g/mol. The number of esters is 1. The van der Waals surface area contributed by atoms with Gasteiger partial charge in [-0.15, -0.1) is 0 Å². The number of oxazole rings is 1. The number of carbonyl (C=O) groups excluding carboxylic acids is 1. The molecule has 13 heteroatoms. The van der Waals surface area contributed by atoms with E-state index in [0.717, 1.165) is 21.7 Å². The molecule has 0 saturated carbocycles. The van der Waals surface area contributed by atoms with Crippen LogP contribution in [0.4, 0.5) is 0 Å². The smallest absolute Gasteiger partial charge is 0.419 e. The summed E-state index contributed by atoms with van der Waals surface area (Å²) in [4.78, 5) is 43.2. The van der Waals surface area contributed by atoms with E-state index in [1.54, 1.807) is 13.1 Å². The molecule has 1 aromatic carbocycles. The minimum atomic E-state index is -1.25. The van der Waals surface area contributed by atoms with E-state index < -0.39 is 11.9 Å². The first-order valence-electron chi connectivity index (χ1n) is 8.30. The molecular weight excluding hydrogens is 420 g/mol. The molecule has 156 valence electrons. The molecule has 0 amide bonds. The standard InChI is InChI=1S/C9H9ClN2O2.C8H6N4O4/c1-12-7-4-6(5-11-10)2-3-8(7)14-9(12)13;1-16-7(15)5-2-4(6(13)14)11-8-9-3-10-12(5)8/h2-4,11H,5H2,1H3;2-3H,1H3,(H,13,14). The van der Waals surface area contributed by atoms with E-state index in [9.17, 15) is 14.4 Å². The predicted octanol–water partition coefficient (Wildman–Crippen LogP) is 0.984. The maximum absolute atomic E-state index is 11.4. The number of carboxylic acid groups (broad SMARTS) is 1. The number of ether oxygens (including phenoxy) is 1. The van der Waals surface area contributed by atoms with Gasteiger partial charge in [0.1, 0.15) is 6.33 Å². The van der Waals surface area contributed by atoms with Gasteiger partial charge in [0.25, 0.3) is 5.78 Å². The van der Waals surface area contributed by atoms with Gasteiger partial charge in [-0.25, -0.2) is 24.2 Å². The quantitative estimate of drug-likeness (QED) is 0.351. The van der Waals surface area contributed by atoms with Crippen molar-refractivity contribution in [3.8, 4) is 0 Å². The molecule has 0 saturated heterocycles. The van der Waals surface area contributed by atoms with Crippen LogP contribution in [0.15, 0.2) is 39.8 Å². The number of carboxylic acids is 1. The molecule has 0 aliphatic rings. The number of aromatic nitrogens is 5. The van der Waals surface area contributed by atoms with E-state index in [1.807, 2.05) is 12.1 Å². The molecule has 2 N–H and O–H groups in total. The maximum atomic E-state index is 11.4. The van der Waals surface area contributed by atoms with Crippen molar-refractivity contribution < 1.29 is 23.8 Å². The van der Waals surface area contributed by atoms with Crippen LogP contribution in [0.3, 0.4) is 0 Å². The number of fused-ring (bicyclic) bond motifs is 2. The zero-order chi connectivity index (χ0) is 21.8. The molecule has 12 nitrogen and oxygen atoms in total. The summed E-state index contributed by atoms with van der Waals surface area (Å²) in [6.07, 6.45) is 1.17. The SMILES string of the molecule is COC(=O)c1cc(C(=O)O)nc2ncnn12.Cn1c(=O)oc2ccc(CNCl)cc21. The topological polar surface area (TPSA) is 154 Å². The molecule has 3 heterocycles. The lowest BCUT2D eigenvalue weighted by Gasteiger charge is -2.02. The number of nitrogens with zero attached hydrogens (tertiary/aromatic N) is 5. The number of rotatable bonds is 4. The van der Waals surface area contributed by atoms with Gasteiger partial charge < -0.3 is 14.3 Å². The number of aryl methyl sites for hydroxylation is 1. The zero-order valence-electron chi connectivity index (χ0n) is 15.7. The molecule has 0 aliphatic heterocycles.